The smallest absolute Gasteiger partial charge is 0.335 e. The maximum atomic E-state index is 14.4. The number of ether oxygens (including phenoxy) is 1. The minimum Gasteiger partial charge on any atom is -0.486 e. The summed E-state index contributed by atoms with van der Waals surface area (Å²) >= 11 is 0. The molecule has 0 bridgehead atoms. The molecule has 5 aromatic rings. The van der Waals surface area contributed by atoms with Crippen LogP contribution in [0.1, 0.15) is 21.5 Å². The van der Waals surface area contributed by atoms with Crippen LogP contribution in [-0.2, 0) is 6.61 Å². The lowest BCUT2D eigenvalue weighted by atomic mass is 9.97. The van der Waals surface area contributed by atoms with E-state index in [0.29, 0.717) is 5.69 Å². The molecule has 0 saturated heterocycles. The van der Waals surface area contributed by atoms with E-state index >= 15 is 0 Å². The molecule has 1 aromatic heterocycles. The molecule has 0 radical (unpaired) electrons. The van der Waals surface area contributed by atoms with Gasteiger partial charge in [0.05, 0.1) is 23.0 Å². The molecule has 0 aliphatic carbocycles. The lowest BCUT2D eigenvalue weighted by Gasteiger charge is -2.11. The van der Waals surface area contributed by atoms with Crippen molar-refractivity contribution in [1.82, 2.24) is 9.78 Å². The predicted octanol–water partition coefficient (Wildman–Crippen LogP) is 6.42. The molecule has 6 heteroatoms. The van der Waals surface area contributed by atoms with Crippen LogP contribution in [0.25, 0.3) is 27.7 Å². The average Bonchev–Trinajstić information content (AvgIpc) is 3.27. The van der Waals surface area contributed by atoms with E-state index in [0.717, 1.165) is 33.2 Å². The molecule has 0 unspecified atom stereocenters. The van der Waals surface area contributed by atoms with Crippen LogP contribution in [0.3, 0.4) is 0 Å². The van der Waals surface area contributed by atoms with Gasteiger partial charge in [0.15, 0.2) is 11.6 Å². The number of fused-ring (bicyclic) bond motifs is 1. The SMILES string of the molecule is Cc1cc(C(=O)O)ccc1-c1ccc2c(cnn2-c2ccc(F)c(OCc3ccccc3)c2)c1. The Bertz CT molecular complexity index is 1510. The number of carbonyl (C=O) groups is 1. The predicted molar refractivity (Wildman–Crippen MR) is 129 cm³/mol. The van der Waals surface area contributed by atoms with Gasteiger partial charge in [0.2, 0.25) is 0 Å². The maximum absolute atomic E-state index is 14.4. The monoisotopic (exact) mass is 452 g/mol. The van der Waals surface area contributed by atoms with Crippen molar-refractivity contribution in [3.8, 4) is 22.6 Å². The summed E-state index contributed by atoms with van der Waals surface area (Å²) in [7, 11) is 0. The molecule has 0 aliphatic heterocycles. The molecular weight excluding hydrogens is 431 g/mol. The summed E-state index contributed by atoms with van der Waals surface area (Å²) in [4.78, 5) is 11.2. The Kier molecular flexibility index (Phi) is 5.55. The number of hydrogen-bond donors (Lipinski definition) is 1. The number of aromatic nitrogens is 2. The highest BCUT2D eigenvalue weighted by Gasteiger charge is 2.12. The number of rotatable bonds is 6. The van der Waals surface area contributed by atoms with Crippen molar-refractivity contribution in [1.29, 1.82) is 0 Å². The Morgan fingerprint density at radius 3 is 2.59 bits per heavy atom. The zero-order valence-electron chi connectivity index (χ0n) is 18.4. The van der Waals surface area contributed by atoms with Crippen molar-refractivity contribution in [2.75, 3.05) is 0 Å². The normalized spacial score (nSPS) is 11.0. The molecule has 168 valence electrons. The van der Waals surface area contributed by atoms with Gasteiger partial charge in [0, 0.05) is 11.5 Å². The summed E-state index contributed by atoms with van der Waals surface area (Å²) in [6.07, 6.45) is 1.76. The van der Waals surface area contributed by atoms with Gasteiger partial charge in [-0.25, -0.2) is 13.9 Å². The Morgan fingerprint density at radius 2 is 1.82 bits per heavy atom. The highest BCUT2D eigenvalue weighted by molar-refractivity contribution is 5.90. The number of nitrogens with zero attached hydrogens (tertiary/aromatic N) is 2. The van der Waals surface area contributed by atoms with Gasteiger partial charge in [-0.05, 0) is 65.6 Å². The molecule has 0 saturated carbocycles. The zero-order chi connectivity index (χ0) is 23.7. The highest BCUT2D eigenvalue weighted by Crippen LogP contribution is 2.30. The van der Waals surface area contributed by atoms with Crippen molar-refractivity contribution in [3.05, 3.63) is 114 Å². The Morgan fingerprint density at radius 1 is 1.00 bits per heavy atom. The number of hydrogen-bond acceptors (Lipinski definition) is 3. The van der Waals surface area contributed by atoms with Gasteiger partial charge < -0.3 is 9.84 Å². The Hall–Kier alpha value is -4.45. The zero-order valence-corrected chi connectivity index (χ0v) is 18.4. The molecule has 0 atom stereocenters. The molecule has 34 heavy (non-hydrogen) atoms. The van der Waals surface area contributed by atoms with Crippen molar-refractivity contribution in [2.45, 2.75) is 13.5 Å². The number of benzene rings is 4. The minimum atomic E-state index is -0.946. The summed E-state index contributed by atoms with van der Waals surface area (Å²) in [5.74, 6) is -1.22. The molecule has 1 N–H and O–H groups in total. The highest BCUT2D eigenvalue weighted by atomic mass is 19.1. The van der Waals surface area contributed by atoms with Gasteiger partial charge in [-0.2, -0.15) is 5.10 Å². The molecule has 1 heterocycles. The molecule has 0 aliphatic rings. The van der Waals surface area contributed by atoms with E-state index in [4.69, 9.17) is 4.74 Å². The van der Waals surface area contributed by atoms with Crippen LogP contribution in [-0.4, -0.2) is 20.9 Å². The van der Waals surface area contributed by atoms with Crippen LogP contribution < -0.4 is 4.74 Å². The molecule has 0 fully saturated rings. The van der Waals surface area contributed by atoms with Crippen LogP contribution in [0.5, 0.6) is 5.75 Å². The number of aromatic carboxylic acids is 1. The van der Waals surface area contributed by atoms with Crippen molar-refractivity contribution < 1.29 is 19.0 Å². The van der Waals surface area contributed by atoms with Gasteiger partial charge in [-0.3, -0.25) is 0 Å². The van der Waals surface area contributed by atoms with Crippen LogP contribution in [0.4, 0.5) is 4.39 Å². The molecule has 0 amide bonds. The first-order valence-electron chi connectivity index (χ1n) is 10.8. The topological polar surface area (TPSA) is 64.3 Å². The lowest BCUT2D eigenvalue weighted by molar-refractivity contribution is 0.0697. The van der Waals surface area contributed by atoms with E-state index in [1.54, 1.807) is 35.1 Å². The maximum Gasteiger partial charge on any atom is 0.335 e. The van der Waals surface area contributed by atoms with Crippen LogP contribution in [0.15, 0.2) is 91.1 Å². The largest absolute Gasteiger partial charge is 0.486 e. The summed E-state index contributed by atoms with van der Waals surface area (Å²) in [5, 5.41) is 14.6. The van der Waals surface area contributed by atoms with Crippen molar-refractivity contribution in [2.24, 2.45) is 0 Å². The van der Waals surface area contributed by atoms with Crippen LogP contribution in [0.2, 0.25) is 0 Å². The summed E-state index contributed by atoms with van der Waals surface area (Å²) in [6, 6.07) is 25.3. The average molecular weight is 452 g/mol. The molecular formula is C28H21FN2O3. The fraction of sp³-hybridized carbons (Fsp3) is 0.0714. The Labute approximate surface area is 195 Å². The summed E-state index contributed by atoms with van der Waals surface area (Å²) in [6.45, 7) is 2.16. The second-order valence-electron chi connectivity index (χ2n) is 8.05. The van der Waals surface area contributed by atoms with Gasteiger partial charge in [0.25, 0.3) is 0 Å². The van der Waals surface area contributed by atoms with Crippen molar-refractivity contribution in [3.63, 3.8) is 0 Å². The third kappa shape index (κ3) is 4.13. The summed E-state index contributed by atoms with van der Waals surface area (Å²) < 4.78 is 21.9. The van der Waals surface area contributed by atoms with E-state index in [1.807, 2.05) is 61.5 Å². The van der Waals surface area contributed by atoms with Crippen LogP contribution in [0, 0.1) is 12.7 Å². The number of aryl methyl sites for hydroxylation is 1. The fourth-order valence-corrected chi connectivity index (χ4v) is 4.00. The van der Waals surface area contributed by atoms with E-state index in [9.17, 15) is 14.3 Å². The summed E-state index contributed by atoms with van der Waals surface area (Å²) in [5.41, 5.74) is 5.57. The first kappa shape index (κ1) is 21.4. The fourth-order valence-electron chi connectivity index (χ4n) is 4.00. The molecule has 5 nitrogen and oxygen atoms in total. The second-order valence-corrected chi connectivity index (χ2v) is 8.05. The van der Waals surface area contributed by atoms with Gasteiger partial charge in [-0.15, -0.1) is 0 Å². The quantitative estimate of drug-likeness (QED) is 0.323. The third-order valence-corrected chi connectivity index (χ3v) is 5.75. The van der Waals surface area contributed by atoms with E-state index < -0.39 is 11.8 Å². The molecule has 4 aromatic carbocycles. The van der Waals surface area contributed by atoms with Gasteiger partial charge in [0.1, 0.15) is 6.61 Å². The van der Waals surface area contributed by atoms with E-state index in [2.05, 4.69) is 5.10 Å². The number of carboxylic acids is 1. The first-order valence-corrected chi connectivity index (χ1v) is 10.8. The Balaban J connectivity index is 1.46. The van der Waals surface area contributed by atoms with Gasteiger partial charge in [-0.1, -0.05) is 42.5 Å². The number of carboxylic acid groups (broad SMARTS) is 1. The minimum absolute atomic E-state index is 0.163. The van der Waals surface area contributed by atoms with Crippen LogP contribution >= 0.6 is 0 Å². The second kappa shape index (κ2) is 8.83. The number of halogens is 1. The van der Waals surface area contributed by atoms with E-state index in [-0.39, 0.29) is 17.9 Å². The standard InChI is InChI=1S/C28H21FN2O3/c1-18-13-21(28(32)33)7-10-24(18)20-8-12-26-22(14-20)16-30-31(26)23-9-11-25(29)27(15-23)34-17-19-5-3-2-4-6-19/h2-16H,17H2,1H3,(H,32,33). The molecule has 5 rings (SSSR count). The third-order valence-electron chi connectivity index (χ3n) is 5.75. The van der Waals surface area contributed by atoms with Crippen molar-refractivity contribution >= 4 is 16.9 Å². The van der Waals surface area contributed by atoms with E-state index in [1.165, 1.54) is 6.07 Å². The first-order chi connectivity index (χ1) is 16.5. The van der Waals surface area contributed by atoms with Gasteiger partial charge >= 0.3 is 5.97 Å². The molecule has 0 spiro atoms. The lowest BCUT2D eigenvalue weighted by Crippen LogP contribution is -2.01.